The fraction of sp³-hybridized carbons (Fsp3) is 0.364. The van der Waals surface area contributed by atoms with Crippen LogP contribution in [0.3, 0.4) is 0 Å². The van der Waals surface area contributed by atoms with Crippen LogP contribution in [0, 0.1) is 6.92 Å². The summed E-state index contributed by atoms with van der Waals surface area (Å²) in [7, 11) is 0. The van der Waals surface area contributed by atoms with Crippen molar-refractivity contribution in [1.82, 2.24) is 0 Å². The molecule has 1 rings (SSSR count). The highest BCUT2D eigenvalue weighted by Crippen LogP contribution is 2.19. The van der Waals surface area contributed by atoms with Crippen LogP contribution in [0.4, 0.5) is 0 Å². The molecule has 0 aliphatic heterocycles. The van der Waals surface area contributed by atoms with Gasteiger partial charge in [0.25, 0.3) is 0 Å². The van der Waals surface area contributed by atoms with Gasteiger partial charge < -0.3 is 5.73 Å². The number of carbonyl (C=O) groups is 1. The molecular weight excluding hydrogens is 162 g/mol. The Hall–Kier alpha value is -1.31. The van der Waals surface area contributed by atoms with Gasteiger partial charge in [-0.2, -0.15) is 0 Å². The number of amides is 1. The van der Waals surface area contributed by atoms with Crippen LogP contribution in [0.15, 0.2) is 24.3 Å². The van der Waals surface area contributed by atoms with Crippen LogP contribution in [0.2, 0.25) is 0 Å². The molecule has 0 spiro atoms. The van der Waals surface area contributed by atoms with Crippen molar-refractivity contribution >= 4 is 5.91 Å². The van der Waals surface area contributed by atoms with Crippen LogP contribution in [0.1, 0.15) is 30.4 Å². The van der Waals surface area contributed by atoms with Crippen LogP contribution in [0.5, 0.6) is 0 Å². The SMILES string of the molecule is Cc1cccc(C(C)CC(N)=O)c1. The molecule has 0 radical (unpaired) electrons. The predicted molar refractivity (Wildman–Crippen MR) is 53.4 cm³/mol. The monoisotopic (exact) mass is 177 g/mol. The van der Waals surface area contributed by atoms with Gasteiger partial charge in [0.2, 0.25) is 5.91 Å². The zero-order valence-corrected chi connectivity index (χ0v) is 8.08. The molecule has 0 aliphatic carbocycles. The minimum absolute atomic E-state index is 0.220. The van der Waals surface area contributed by atoms with E-state index in [-0.39, 0.29) is 11.8 Å². The molecule has 1 aromatic carbocycles. The second-order valence-corrected chi connectivity index (χ2v) is 3.49. The van der Waals surface area contributed by atoms with Crippen LogP contribution in [-0.2, 0) is 4.79 Å². The minimum Gasteiger partial charge on any atom is -0.370 e. The minimum atomic E-state index is -0.242. The number of primary amides is 1. The third-order valence-corrected chi connectivity index (χ3v) is 2.12. The Morgan fingerprint density at radius 1 is 1.54 bits per heavy atom. The number of benzene rings is 1. The van der Waals surface area contributed by atoms with E-state index in [9.17, 15) is 4.79 Å². The van der Waals surface area contributed by atoms with Gasteiger partial charge in [-0.15, -0.1) is 0 Å². The molecule has 0 saturated carbocycles. The lowest BCUT2D eigenvalue weighted by atomic mass is 9.96. The van der Waals surface area contributed by atoms with Gasteiger partial charge in [-0.05, 0) is 18.4 Å². The molecule has 0 fully saturated rings. The molecule has 0 aromatic heterocycles. The summed E-state index contributed by atoms with van der Waals surface area (Å²) in [4.78, 5) is 10.7. The zero-order chi connectivity index (χ0) is 9.84. The van der Waals surface area contributed by atoms with E-state index < -0.39 is 0 Å². The van der Waals surface area contributed by atoms with Crippen molar-refractivity contribution in [3.8, 4) is 0 Å². The molecule has 0 bridgehead atoms. The second-order valence-electron chi connectivity index (χ2n) is 3.49. The van der Waals surface area contributed by atoms with Gasteiger partial charge in [0.15, 0.2) is 0 Å². The van der Waals surface area contributed by atoms with Crippen molar-refractivity contribution in [2.45, 2.75) is 26.2 Å². The van der Waals surface area contributed by atoms with Crippen molar-refractivity contribution < 1.29 is 4.79 Å². The highest BCUT2D eigenvalue weighted by atomic mass is 16.1. The van der Waals surface area contributed by atoms with Gasteiger partial charge in [-0.25, -0.2) is 0 Å². The lowest BCUT2D eigenvalue weighted by molar-refractivity contribution is -0.118. The van der Waals surface area contributed by atoms with Crippen molar-refractivity contribution in [3.63, 3.8) is 0 Å². The molecule has 1 aromatic rings. The first kappa shape index (κ1) is 9.78. The number of carbonyl (C=O) groups excluding carboxylic acids is 1. The maximum atomic E-state index is 10.7. The normalized spacial score (nSPS) is 12.5. The maximum absolute atomic E-state index is 10.7. The average Bonchev–Trinajstić information content (AvgIpc) is 2.03. The van der Waals surface area contributed by atoms with Crippen LogP contribution in [0.25, 0.3) is 0 Å². The maximum Gasteiger partial charge on any atom is 0.218 e. The Labute approximate surface area is 78.8 Å². The summed E-state index contributed by atoms with van der Waals surface area (Å²) in [6, 6.07) is 8.16. The van der Waals surface area contributed by atoms with E-state index in [0.29, 0.717) is 6.42 Å². The fourth-order valence-electron chi connectivity index (χ4n) is 1.40. The molecule has 0 saturated heterocycles. The lowest BCUT2D eigenvalue weighted by Gasteiger charge is -2.09. The Kier molecular flexibility index (Phi) is 3.07. The predicted octanol–water partition coefficient (Wildman–Crippen LogP) is 1.97. The first-order valence-corrected chi connectivity index (χ1v) is 4.44. The highest BCUT2D eigenvalue weighted by Gasteiger charge is 2.07. The molecule has 2 nitrogen and oxygen atoms in total. The lowest BCUT2D eigenvalue weighted by Crippen LogP contribution is -2.13. The van der Waals surface area contributed by atoms with Crippen LogP contribution < -0.4 is 5.73 Å². The van der Waals surface area contributed by atoms with Crippen LogP contribution >= 0.6 is 0 Å². The van der Waals surface area contributed by atoms with E-state index in [0.717, 1.165) is 0 Å². The largest absolute Gasteiger partial charge is 0.370 e. The van der Waals surface area contributed by atoms with Crippen molar-refractivity contribution in [2.24, 2.45) is 5.73 Å². The van der Waals surface area contributed by atoms with E-state index in [2.05, 4.69) is 6.07 Å². The first-order chi connectivity index (χ1) is 6.09. The fourth-order valence-corrected chi connectivity index (χ4v) is 1.40. The van der Waals surface area contributed by atoms with Gasteiger partial charge in [0.05, 0.1) is 0 Å². The summed E-state index contributed by atoms with van der Waals surface area (Å²) < 4.78 is 0. The average molecular weight is 177 g/mol. The molecule has 1 unspecified atom stereocenters. The van der Waals surface area contributed by atoms with Gasteiger partial charge in [0, 0.05) is 6.42 Å². The highest BCUT2D eigenvalue weighted by molar-refractivity contribution is 5.74. The number of rotatable bonds is 3. The smallest absolute Gasteiger partial charge is 0.218 e. The van der Waals surface area contributed by atoms with Gasteiger partial charge in [-0.1, -0.05) is 36.8 Å². The van der Waals surface area contributed by atoms with Gasteiger partial charge in [0.1, 0.15) is 0 Å². The van der Waals surface area contributed by atoms with E-state index in [1.807, 2.05) is 32.0 Å². The molecule has 1 amide bonds. The van der Waals surface area contributed by atoms with Crippen LogP contribution in [-0.4, -0.2) is 5.91 Å². The molecule has 0 heterocycles. The summed E-state index contributed by atoms with van der Waals surface area (Å²) in [6.45, 7) is 4.06. The molecular formula is C11H15NO. The van der Waals surface area contributed by atoms with Gasteiger partial charge >= 0.3 is 0 Å². The molecule has 2 N–H and O–H groups in total. The molecule has 13 heavy (non-hydrogen) atoms. The zero-order valence-electron chi connectivity index (χ0n) is 8.08. The second kappa shape index (κ2) is 4.08. The third-order valence-electron chi connectivity index (χ3n) is 2.12. The number of nitrogens with two attached hydrogens (primary N) is 1. The van der Waals surface area contributed by atoms with Crippen molar-refractivity contribution in [1.29, 1.82) is 0 Å². The Morgan fingerprint density at radius 2 is 2.23 bits per heavy atom. The van der Waals surface area contributed by atoms with E-state index in [1.54, 1.807) is 0 Å². The molecule has 1 atom stereocenters. The van der Waals surface area contributed by atoms with Crippen molar-refractivity contribution in [2.75, 3.05) is 0 Å². The summed E-state index contributed by atoms with van der Waals surface area (Å²) in [6.07, 6.45) is 0.420. The van der Waals surface area contributed by atoms with Crippen molar-refractivity contribution in [3.05, 3.63) is 35.4 Å². The summed E-state index contributed by atoms with van der Waals surface area (Å²) in [5, 5.41) is 0. The number of hydrogen-bond donors (Lipinski definition) is 1. The Bertz CT molecular complexity index is 307. The molecule has 0 aliphatic rings. The third kappa shape index (κ3) is 2.90. The van der Waals surface area contributed by atoms with E-state index in [4.69, 9.17) is 5.73 Å². The number of aryl methyl sites for hydroxylation is 1. The topological polar surface area (TPSA) is 43.1 Å². The summed E-state index contributed by atoms with van der Waals surface area (Å²) >= 11 is 0. The summed E-state index contributed by atoms with van der Waals surface area (Å²) in [5.41, 5.74) is 7.53. The quantitative estimate of drug-likeness (QED) is 0.753. The number of hydrogen-bond acceptors (Lipinski definition) is 1. The standard InChI is InChI=1S/C11H15NO/c1-8-4-3-5-10(6-8)9(2)7-11(12)13/h3-6,9H,7H2,1-2H3,(H2,12,13). The Balaban J connectivity index is 2.76. The van der Waals surface area contributed by atoms with Gasteiger partial charge in [-0.3, -0.25) is 4.79 Å². The Morgan fingerprint density at radius 3 is 2.77 bits per heavy atom. The molecule has 2 heteroatoms. The van der Waals surface area contributed by atoms with E-state index in [1.165, 1.54) is 11.1 Å². The van der Waals surface area contributed by atoms with E-state index >= 15 is 0 Å². The first-order valence-electron chi connectivity index (χ1n) is 4.44. The summed E-state index contributed by atoms with van der Waals surface area (Å²) in [5.74, 6) is -0.0218. The molecule has 70 valence electrons.